The van der Waals surface area contributed by atoms with Gasteiger partial charge >= 0.3 is 0 Å². The number of nitrogens with zero attached hydrogens (tertiary/aromatic N) is 1. The Bertz CT molecular complexity index is 475. The van der Waals surface area contributed by atoms with E-state index >= 15 is 0 Å². The summed E-state index contributed by atoms with van der Waals surface area (Å²) in [6.07, 6.45) is 6.73. The molecule has 3 rings (SSSR count). The minimum Gasteiger partial charge on any atom is -0.452 e. The standard InChI is InChI=1S/C14H14.C3H3NO/c1-3-7-13(8-4-1)11-12-14-9-5-2-6-10-14;1-2-5-3-4-1/h1-10H,11-12H2;1-3H. The molecule has 2 nitrogen and oxygen atoms in total. The van der Waals surface area contributed by atoms with Crippen LogP contribution in [0.5, 0.6) is 0 Å². The molecule has 0 saturated heterocycles. The van der Waals surface area contributed by atoms with Gasteiger partial charge in [-0.05, 0) is 24.0 Å². The minimum atomic E-state index is 1.13. The fourth-order valence-corrected chi connectivity index (χ4v) is 1.75. The fraction of sp³-hybridized carbons (Fsp3) is 0.118. The molecule has 3 aromatic rings. The maximum Gasteiger partial charge on any atom is 0.180 e. The second-order valence-corrected chi connectivity index (χ2v) is 4.15. The Balaban J connectivity index is 0.000000224. The van der Waals surface area contributed by atoms with Crippen molar-refractivity contribution >= 4 is 0 Å². The lowest BCUT2D eigenvalue weighted by atomic mass is 10.0. The van der Waals surface area contributed by atoms with Gasteiger partial charge in [0.25, 0.3) is 0 Å². The van der Waals surface area contributed by atoms with Gasteiger partial charge in [-0.25, -0.2) is 4.98 Å². The van der Waals surface area contributed by atoms with Crippen molar-refractivity contribution in [3.63, 3.8) is 0 Å². The zero-order valence-corrected chi connectivity index (χ0v) is 10.8. The zero-order chi connectivity index (χ0) is 13.2. The Morgan fingerprint density at radius 1 is 0.737 bits per heavy atom. The molecule has 2 aromatic carbocycles. The second kappa shape index (κ2) is 7.88. The summed E-state index contributed by atoms with van der Waals surface area (Å²) in [7, 11) is 0. The summed E-state index contributed by atoms with van der Waals surface area (Å²) in [5.41, 5.74) is 2.83. The van der Waals surface area contributed by atoms with Gasteiger partial charge in [0.2, 0.25) is 0 Å². The lowest BCUT2D eigenvalue weighted by molar-refractivity contribution is 0.558. The predicted octanol–water partition coefficient (Wildman–Crippen LogP) is 4.15. The molecule has 0 fully saturated rings. The van der Waals surface area contributed by atoms with E-state index in [4.69, 9.17) is 0 Å². The van der Waals surface area contributed by atoms with E-state index in [2.05, 4.69) is 70.1 Å². The molecule has 0 amide bonds. The third-order valence-electron chi connectivity index (χ3n) is 2.74. The molecule has 0 atom stereocenters. The molecule has 0 aliphatic carbocycles. The van der Waals surface area contributed by atoms with E-state index in [1.165, 1.54) is 23.8 Å². The average molecular weight is 251 g/mol. The van der Waals surface area contributed by atoms with Crippen molar-refractivity contribution < 1.29 is 4.42 Å². The van der Waals surface area contributed by atoms with Crippen molar-refractivity contribution in [1.29, 1.82) is 0 Å². The minimum absolute atomic E-state index is 1.13. The van der Waals surface area contributed by atoms with Crippen molar-refractivity contribution in [3.05, 3.63) is 90.6 Å². The second-order valence-electron chi connectivity index (χ2n) is 4.15. The van der Waals surface area contributed by atoms with E-state index in [1.54, 1.807) is 6.20 Å². The first-order chi connectivity index (χ1) is 9.45. The molecule has 0 spiro atoms. The number of aryl methyl sites for hydroxylation is 2. The first-order valence-electron chi connectivity index (χ1n) is 6.35. The highest BCUT2D eigenvalue weighted by molar-refractivity contribution is 5.19. The van der Waals surface area contributed by atoms with Gasteiger partial charge in [-0.1, -0.05) is 60.7 Å². The first-order valence-corrected chi connectivity index (χ1v) is 6.35. The van der Waals surface area contributed by atoms with Gasteiger partial charge in [-0.2, -0.15) is 0 Å². The molecule has 2 heteroatoms. The largest absolute Gasteiger partial charge is 0.452 e. The van der Waals surface area contributed by atoms with Crippen LogP contribution >= 0.6 is 0 Å². The van der Waals surface area contributed by atoms with Crippen LogP contribution in [0.1, 0.15) is 11.1 Å². The van der Waals surface area contributed by atoms with Gasteiger partial charge in [0.05, 0.1) is 6.20 Å². The highest BCUT2D eigenvalue weighted by atomic mass is 16.3. The van der Waals surface area contributed by atoms with Crippen LogP contribution < -0.4 is 0 Å². The van der Waals surface area contributed by atoms with Crippen LogP contribution in [-0.4, -0.2) is 4.98 Å². The SMILES string of the molecule is c1ccc(CCc2ccccc2)cc1.c1cocn1. The summed E-state index contributed by atoms with van der Waals surface area (Å²) < 4.78 is 4.47. The molecule has 0 aliphatic rings. The molecule has 0 bridgehead atoms. The summed E-state index contributed by atoms with van der Waals surface area (Å²) in [6.45, 7) is 0. The molecule has 0 aliphatic heterocycles. The molecule has 19 heavy (non-hydrogen) atoms. The van der Waals surface area contributed by atoms with Gasteiger partial charge in [-0.15, -0.1) is 0 Å². The predicted molar refractivity (Wildman–Crippen MR) is 76.8 cm³/mol. The van der Waals surface area contributed by atoms with Gasteiger partial charge in [0.1, 0.15) is 6.26 Å². The Labute approximate surface area is 113 Å². The third-order valence-corrected chi connectivity index (χ3v) is 2.74. The highest BCUT2D eigenvalue weighted by Gasteiger charge is 1.93. The lowest BCUT2D eigenvalue weighted by Gasteiger charge is -2.01. The molecule has 0 N–H and O–H groups in total. The van der Waals surface area contributed by atoms with Crippen LogP contribution in [0.25, 0.3) is 0 Å². The van der Waals surface area contributed by atoms with Crippen LogP contribution in [0, 0.1) is 0 Å². The molecule has 0 unspecified atom stereocenters. The molecule has 0 radical (unpaired) electrons. The normalized spacial score (nSPS) is 9.47. The number of hydrogen-bond acceptors (Lipinski definition) is 2. The molecule has 96 valence electrons. The van der Waals surface area contributed by atoms with Crippen molar-refractivity contribution in [2.45, 2.75) is 12.8 Å². The van der Waals surface area contributed by atoms with Crippen molar-refractivity contribution in [3.8, 4) is 0 Å². The van der Waals surface area contributed by atoms with Crippen molar-refractivity contribution in [2.75, 3.05) is 0 Å². The van der Waals surface area contributed by atoms with Crippen LogP contribution in [0.3, 0.4) is 0 Å². The van der Waals surface area contributed by atoms with Gasteiger partial charge in [0, 0.05) is 0 Å². The number of oxazole rings is 1. The summed E-state index contributed by atoms with van der Waals surface area (Å²) in [4.78, 5) is 3.56. The topological polar surface area (TPSA) is 26.0 Å². The Kier molecular flexibility index (Phi) is 5.43. The number of hydrogen-bond donors (Lipinski definition) is 0. The van der Waals surface area contributed by atoms with Gasteiger partial charge in [0.15, 0.2) is 6.39 Å². The van der Waals surface area contributed by atoms with E-state index in [0.717, 1.165) is 12.8 Å². The van der Waals surface area contributed by atoms with Crippen LogP contribution in [0.4, 0.5) is 0 Å². The van der Waals surface area contributed by atoms with E-state index in [-0.39, 0.29) is 0 Å². The summed E-state index contributed by atoms with van der Waals surface area (Å²) >= 11 is 0. The van der Waals surface area contributed by atoms with Gasteiger partial charge in [-0.3, -0.25) is 0 Å². The maximum absolute atomic E-state index is 4.47. The van der Waals surface area contributed by atoms with Crippen LogP contribution in [-0.2, 0) is 12.8 Å². The Morgan fingerprint density at radius 3 is 1.58 bits per heavy atom. The smallest absolute Gasteiger partial charge is 0.180 e. The quantitative estimate of drug-likeness (QED) is 0.699. The summed E-state index contributed by atoms with van der Waals surface area (Å²) in [5.74, 6) is 0. The molecule has 0 saturated carbocycles. The number of aromatic nitrogens is 1. The van der Waals surface area contributed by atoms with Crippen molar-refractivity contribution in [2.24, 2.45) is 0 Å². The van der Waals surface area contributed by atoms with E-state index in [1.807, 2.05) is 0 Å². The monoisotopic (exact) mass is 251 g/mol. The first kappa shape index (κ1) is 13.1. The average Bonchev–Trinajstić information content (AvgIpc) is 3.07. The van der Waals surface area contributed by atoms with Crippen molar-refractivity contribution in [1.82, 2.24) is 4.98 Å². The fourth-order valence-electron chi connectivity index (χ4n) is 1.75. The highest BCUT2D eigenvalue weighted by Crippen LogP contribution is 2.06. The van der Waals surface area contributed by atoms with Crippen LogP contribution in [0.15, 0.2) is 83.9 Å². The van der Waals surface area contributed by atoms with Gasteiger partial charge < -0.3 is 4.42 Å². The Hall–Kier alpha value is -2.35. The summed E-state index contributed by atoms with van der Waals surface area (Å²) in [5, 5.41) is 0. The van der Waals surface area contributed by atoms with E-state index in [9.17, 15) is 0 Å². The molecular formula is C17H17NO. The molecule has 1 heterocycles. The lowest BCUT2D eigenvalue weighted by Crippen LogP contribution is -1.89. The zero-order valence-electron chi connectivity index (χ0n) is 10.8. The third kappa shape index (κ3) is 5.21. The Morgan fingerprint density at radius 2 is 1.26 bits per heavy atom. The number of benzene rings is 2. The molecule has 1 aromatic heterocycles. The van der Waals surface area contributed by atoms with E-state index < -0.39 is 0 Å². The maximum atomic E-state index is 4.47. The van der Waals surface area contributed by atoms with Crippen LogP contribution in [0.2, 0.25) is 0 Å². The molecular weight excluding hydrogens is 234 g/mol. The number of rotatable bonds is 3. The summed E-state index contributed by atoms with van der Waals surface area (Å²) in [6, 6.07) is 21.2. The van der Waals surface area contributed by atoms with E-state index in [0.29, 0.717) is 0 Å².